The van der Waals surface area contributed by atoms with Gasteiger partial charge in [-0.05, 0) is 66.1 Å². The zero-order valence-corrected chi connectivity index (χ0v) is 20.3. The molecule has 1 atom stereocenters. The van der Waals surface area contributed by atoms with E-state index in [4.69, 9.17) is 9.47 Å². The number of nitrogens with zero attached hydrogens (tertiary/aromatic N) is 1. The summed E-state index contributed by atoms with van der Waals surface area (Å²) >= 11 is 0. The molecule has 37 heavy (non-hydrogen) atoms. The molecule has 1 aliphatic rings. The van der Waals surface area contributed by atoms with Crippen molar-refractivity contribution >= 4 is 17.4 Å². The van der Waals surface area contributed by atoms with Crippen molar-refractivity contribution < 1.29 is 37.3 Å². The Bertz CT molecular complexity index is 1400. The normalized spacial score (nSPS) is 17.2. The maximum atomic E-state index is 13.3. The maximum Gasteiger partial charge on any atom is 0.416 e. The highest BCUT2D eigenvalue weighted by molar-refractivity contribution is 6.46. The molecule has 0 aromatic heterocycles. The number of likely N-dealkylation sites (tertiary alicyclic amines) is 1. The van der Waals surface area contributed by atoms with Crippen LogP contribution in [0.2, 0.25) is 0 Å². The Kier molecular flexibility index (Phi) is 6.98. The molecular formula is C28H24F3NO5. The number of aryl methyl sites for hydroxylation is 1. The summed E-state index contributed by atoms with van der Waals surface area (Å²) < 4.78 is 50.4. The molecule has 1 amide bonds. The van der Waals surface area contributed by atoms with Gasteiger partial charge in [-0.15, -0.1) is 0 Å². The van der Waals surface area contributed by atoms with Crippen LogP contribution in [0.5, 0.6) is 11.5 Å². The van der Waals surface area contributed by atoms with E-state index in [9.17, 15) is 27.9 Å². The molecule has 0 radical (unpaired) electrons. The first-order valence-corrected chi connectivity index (χ1v) is 11.3. The Morgan fingerprint density at radius 3 is 2.35 bits per heavy atom. The number of amides is 1. The predicted octanol–water partition coefficient (Wildman–Crippen LogP) is 5.65. The van der Waals surface area contributed by atoms with E-state index in [0.717, 1.165) is 17.0 Å². The topological polar surface area (TPSA) is 76.1 Å². The third-order valence-electron chi connectivity index (χ3n) is 6.23. The first-order valence-electron chi connectivity index (χ1n) is 11.3. The largest absolute Gasteiger partial charge is 0.507 e. The van der Waals surface area contributed by atoms with E-state index in [1.165, 1.54) is 26.4 Å². The van der Waals surface area contributed by atoms with Crippen molar-refractivity contribution in [3.63, 3.8) is 0 Å². The number of ether oxygens (including phenoxy) is 2. The summed E-state index contributed by atoms with van der Waals surface area (Å²) in [7, 11) is 2.96. The number of alkyl halides is 3. The minimum Gasteiger partial charge on any atom is -0.507 e. The van der Waals surface area contributed by atoms with Gasteiger partial charge in [-0.2, -0.15) is 13.2 Å². The summed E-state index contributed by atoms with van der Waals surface area (Å²) in [6.07, 6.45) is -4.57. The Hall–Kier alpha value is -4.27. The second-order valence-electron chi connectivity index (χ2n) is 8.59. The smallest absolute Gasteiger partial charge is 0.416 e. The standard InChI is InChI=1S/C28H24F3NO5/c1-16-12-19(10-11-22(16)37-3)25(33)23-24(18-7-5-9-21(14-18)36-2)32(27(35)26(23)34)15-17-6-4-8-20(13-17)28(29,30)31/h4-14,24,33H,15H2,1-3H3/b25-23+. The Morgan fingerprint density at radius 1 is 0.973 bits per heavy atom. The van der Waals surface area contributed by atoms with Gasteiger partial charge in [-0.3, -0.25) is 9.59 Å². The number of hydrogen-bond donors (Lipinski definition) is 1. The summed E-state index contributed by atoms with van der Waals surface area (Å²) in [4.78, 5) is 27.6. The first kappa shape index (κ1) is 25.8. The summed E-state index contributed by atoms with van der Waals surface area (Å²) in [5, 5.41) is 11.2. The highest BCUT2D eigenvalue weighted by atomic mass is 19.4. The lowest BCUT2D eigenvalue weighted by atomic mass is 9.94. The first-order chi connectivity index (χ1) is 17.5. The number of Topliss-reactive ketones (excluding diaryl/α,β-unsaturated/α-hetero) is 1. The number of methoxy groups -OCH3 is 2. The summed E-state index contributed by atoms with van der Waals surface area (Å²) in [6.45, 7) is 1.48. The fourth-order valence-corrected chi connectivity index (χ4v) is 4.43. The molecule has 1 heterocycles. The van der Waals surface area contributed by atoms with Gasteiger partial charge in [-0.25, -0.2) is 0 Å². The van der Waals surface area contributed by atoms with E-state index in [2.05, 4.69) is 0 Å². The van der Waals surface area contributed by atoms with Crippen LogP contribution in [0.25, 0.3) is 5.76 Å². The monoisotopic (exact) mass is 511 g/mol. The Labute approximate surface area is 211 Å². The van der Waals surface area contributed by atoms with Gasteiger partial charge in [0.2, 0.25) is 0 Å². The van der Waals surface area contributed by atoms with Gasteiger partial charge >= 0.3 is 6.18 Å². The maximum absolute atomic E-state index is 13.3. The fraction of sp³-hybridized carbons (Fsp3) is 0.214. The third kappa shape index (κ3) is 5.02. The van der Waals surface area contributed by atoms with Gasteiger partial charge in [0.1, 0.15) is 17.3 Å². The molecule has 3 aromatic rings. The number of aliphatic hydroxyl groups excluding tert-OH is 1. The highest BCUT2D eigenvalue weighted by Gasteiger charge is 2.46. The van der Waals surface area contributed by atoms with Crippen molar-refractivity contribution in [2.24, 2.45) is 0 Å². The van der Waals surface area contributed by atoms with Crippen LogP contribution in [0, 0.1) is 6.92 Å². The van der Waals surface area contributed by atoms with Crippen LogP contribution < -0.4 is 9.47 Å². The summed E-state index contributed by atoms with van der Waals surface area (Å²) in [5.74, 6) is -1.25. The molecule has 0 spiro atoms. The minimum atomic E-state index is -4.57. The number of rotatable bonds is 6. The number of ketones is 1. The van der Waals surface area contributed by atoms with Crippen LogP contribution in [0.15, 0.2) is 72.3 Å². The highest BCUT2D eigenvalue weighted by Crippen LogP contribution is 2.42. The molecule has 192 valence electrons. The minimum absolute atomic E-state index is 0.171. The van der Waals surface area contributed by atoms with Crippen molar-refractivity contribution in [1.82, 2.24) is 4.90 Å². The molecule has 9 heteroatoms. The number of aliphatic hydroxyl groups is 1. The molecule has 3 aromatic carbocycles. The molecule has 1 unspecified atom stereocenters. The molecule has 1 N–H and O–H groups in total. The predicted molar refractivity (Wildman–Crippen MR) is 130 cm³/mol. The van der Waals surface area contributed by atoms with Crippen molar-refractivity contribution in [1.29, 1.82) is 0 Å². The van der Waals surface area contributed by atoms with Crippen molar-refractivity contribution in [2.75, 3.05) is 14.2 Å². The van der Waals surface area contributed by atoms with Crippen LogP contribution in [-0.2, 0) is 22.3 Å². The quantitative estimate of drug-likeness (QED) is 0.263. The van der Waals surface area contributed by atoms with E-state index in [1.807, 2.05) is 0 Å². The Balaban J connectivity index is 1.86. The van der Waals surface area contributed by atoms with E-state index < -0.39 is 35.2 Å². The number of benzene rings is 3. The lowest BCUT2D eigenvalue weighted by Gasteiger charge is -2.26. The van der Waals surface area contributed by atoms with Gasteiger partial charge < -0.3 is 19.5 Å². The summed E-state index contributed by atoms with van der Waals surface area (Å²) in [6, 6.07) is 14.9. The molecule has 0 saturated carbocycles. The average molecular weight is 511 g/mol. The molecule has 0 bridgehead atoms. The SMILES string of the molecule is COc1cccc(C2/C(=C(\O)c3ccc(OC)c(C)c3)C(=O)C(=O)N2Cc2cccc(C(F)(F)F)c2)c1. The fourth-order valence-electron chi connectivity index (χ4n) is 4.43. The van der Waals surface area contributed by atoms with Crippen molar-refractivity contribution in [3.8, 4) is 11.5 Å². The van der Waals surface area contributed by atoms with Crippen molar-refractivity contribution in [2.45, 2.75) is 25.7 Å². The lowest BCUT2D eigenvalue weighted by molar-refractivity contribution is -0.140. The number of carbonyl (C=O) groups excluding carboxylic acids is 2. The molecule has 6 nitrogen and oxygen atoms in total. The molecule has 1 fully saturated rings. The van der Waals surface area contributed by atoms with Crippen LogP contribution >= 0.6 is 0 Å². The molecule has 4 rings (SSSR count). The van der Waals surface area contributed by atoms with E-state index >= 15 is 0 Å². The zero-order valence-electron chi connectivity index (χ0n) is 20.3. The van der Waals surface area contributed by atoms with E-state index in [0.29, 0.717) is 28.2 Å². The van der Waals surface area contributed by atoms with E-state index in [1.54, 1.807) is 49.4 Å². The lowest BCUT2D eigenvalue weighted by Crippen LogP contribution is -2.29. The van der Waals surface area contributed by atoms with Crippen LogP contribution in [0.3, 0.4) is 0 Å². The van der Waals surface area contributed by atoms with Gasteiger partial charge in [-0.1, -0.05) is 24.3 Å². The van der Waals surface area contributed by atoms with Crippen LogP contribution in [-0.4, -0.2) is 35.9 Å². The van der Waals surface area contributed by atoms with Crippen LogP contribution in [0.1, 0.15) is 33.9 Å². The molecular weight excluding hydrogens is 487 g/mol. The van der Waals surface area contributed by atoms with Gasteiger partial charge in [0, 0.05) is 12.1 Å². The third-order valence-corrected chi connectivity index (χ3v) is 6.23. The molecule has 1 saturated heterocycles. The van der Waals surface area contributed by atoms with Gasteiger partial charge in [0.25, 0.3) is 11.7 Å². The van der Waals surface area contributed by atoms with Crippen molar-refractivity contribution in [3.05, 3.63) is 100 Å². The van der Waals surface area contributed by atoms with Gasteiger partial charge in [0.15, 0.2) is 0 Å². The second-order valence-corrected chi connectivity index (χ2v) is 8.59. The van der Waals surface area contributed by atoms with Crippen LogP contribution in [0.4, 0.5) is 13.2 Å². The average Bonchev–Trinajstić information content (AvgIpc) is 3.12. The summed E-state index contributed by atoms with van der Waals surface area (Å²) in [5.41, 5.74) is 0.594. The van der Waals surface area contributed by atoms with E-state index in [-0.39, 0.29) is 17.7 Å². The zero-order chi connectivity index (χ0) is 26.9. The number of halogens is 3. The Morgan fingerprint density at radius 2 is 1.70 bits per heavy atom. The molecule has 0 aliphatic carbocycles. The second kappa shape index (κ2) is 10.0. The van der Waals surface area contributed by atoms with Gasteiger partial charge in [0.05, 0.1) is 31.4 Å². The number of hydrogen-bond acceptors (Lipinski definition) is 5. The molecule has 1 aliphatic heterocycles. The number of carbonyl (C=O) groups is 2.